The topological polar surface area (TPSA) is 56.8 Å². The molecule has 1 fully saturated rings. The lowest BCUT2D eigenvalue weighted by Crippen LogP contribution is -2.47. The maximum Gasteiger partial charge on any atom is 0.319 e. The highest BCUT2D eigenvalue weighted by Gasteiger charge is 2.47. The van der Waals surface area contributed by atoms with Gasteiger partial charge in [0.05, 0.1) is 24.2 Å². The number of aryl methyl sites for hydroxylation is 1. The summed E-state index contributed by atoms with van der Waals surface area (Å²) < 4.78 is 5.88. The number of anilines is 3. The molecule has 0 unspecified atom stereocenters. The van der Waals surface area contributed by atoms with Crippen molar-refractivity contribution in [3.63, 3.8) is 0 Å². The summed E-state index contributed by atoms with van der Waals surface area (Å²) in [5, 5.41) is 5.67. The minimum Gasteiger partial charge on any atom is -0.495 e. The Morgan fingerprint density at radius 1 is 1.12 bits per heavy atom. The van der Waals surface area contributed by atoms with Crippen LogP contribution >= 0.6 is 0 Å². The highest BCUT2D eigenvalue weighted by molar-refractivity contribution is 5.95. The van der Waals surface area contributed by atoms with E-state index in [2.05, 4.69) is 66.3 Å². The Labute approximate surface area is 198 Å². The average molecular weight is 451 g/mol. The Balaban J connectivity index is 1.75. The van der Waals surface area contributed by atoms with E-state index >= 15 is 0 Å². The van der Waals surface area contributed by atoms with Crippen LogP contribution in [-0.4, -0.2) is 51.3 Å². The lowest BCUT2D eigenvalue weighted by Gasteiger charge is -2.42. The number of piperidine rings is 1. The lowest BCUT2D eigenvalue weighted by molar-refractivity contribution is 0.125. The molecule has 2 aromatic carbocycles. The van der Waals surface area contributed by atoms with E-state index in [-0.39, 0.29) is 11.4 Å². The molecule has 1 spiro atoms. The molecule has 2 aromatic rings. The number of nitrogens with one attached hydrogen (secondary N) is 2. The van der Waals surface area contributed by atoms with Gasteiger partial charge in [0, 0.05) is 25.6 Å². The zero-order valence-corrected chi connectivity index (χ0v) is 20.9. The van der Waals surface area contributed by atoms with Crippen LogP contribution in [0, 0.1) is 12.3 Å². The van der Waals surface area contributed by atoms with E-state index in [1.165, 1.54) is 11.1 Å². The van der Waals surface area contributed by atoms with Gasteiger partial charge in [-0.05, 0) is 67.6 Å². The van der Waals surface area contributed by atoms with E-state index in [1.54, 1.807) is 14.2 Å². The molecule has 0 bridgehead atoms. The molecule has 0 saturated carbocycles. The third-order valence-electron chi connectivity index (χ3n) is 7.01. The van der Waals surface area contributed by atoms with Crippen molar-refractivity contribution in [1.29, 1.82) is 0 Å². The summed E-state index contributed by atoms with van der Waals surface area (Å²) in [5.41, 5.74) is 6.04. The van der Waals surface area contributed by atoms with Crippen molar-refractivity contribution in [2.75, 3.05) is 50.6 Å². The van der Waals surface area contributed by atoms with Gasteiger partial charge >= 0.3 is 6.03 Å². The summed E-state index contributed by atoms with van der Waals surface area (Å²) in [5.74, 6) is 0.888. The van der Waals surface area contributed by atoms with Crippen LogP contribution in [0.3, 0.4) is 0 Å². The van der Waals surface area contributed by atoms with Crippen molar-refractivity contribution in [2.45, 2.75) is 46.0 Å². The Morgan fingerprint density at radius 3 is 2.45 bits per heavy atom. The number of rotatable bonds is 4. The number of fused-ring (bicyclic) bond motifs is 2. The molecular formula is C27H38N4O2. The van der Waals surface area contributed by atoms with Crippen molar-refractivity contribution in [3.8, 4) is 5.75 Å². The summed E-state index contributed by atoms with van der Waals surface area (Å²) >= 11 is 0. The second-order valence-corrected chi connectivity index (χ2v) is 10.7. The number of hydrogen-bond donors (Lipinski definition) is 2. The summed E-state index contributed by atoms with van der Waals surface area (Å²) in [6.07, 6.45) is 2.23. The molecule has 0 radical (unpaired) electrons. The van der Waals surface area contributed by atoms with Crippen LogP contribution in [0.5, 0.6) is 5.75 Å². The number of amides is 2. The number of hydrogen-bond acceptors (Lipinski definition) is 4. The number of nitrogens with zero attached hydrogens (tertiary/aromatic N) is 2. The van der Waals surface area contributed by atoms with E-state index in [0.29, 0.717) is 5.41 Å². The van der Waals surface area contributed by atoms with Crippen LogP contribution in [0.4, 0.5) is 21.9 Å². The number of carbonyl (C=O) groups excluding carboxylic acids is 1. The van der Waals surface area contributed by atoms with Crippen molar-refractivity contribution in [1.82, 2.24) is 10.2 Å². The van der Waals surface area contributed by atoms with Crippen molar-refractivity contribution in [2.24, 2.45) is 5.41 Å². The monoisotopic (exact) mass is 450 g/mol. The molecule has 6 nitrogen and oxygen atoms in total. The number of ether oxygens (including phenoxy) is 1. The first-order valence-corrected chi connectivity index (χ1v) is 11.9. The number of para-hydroxylation sites is 2. The molecule has 2 heterocycles. The first-order chi connectivity index (χ1) is 15.7. The zero-order chi connectivity index (χ0) is 23.8. The smallest absolute Gasteiger partial charge is 0.319 e. The Bertz CT molecular complexity index is 1020. The van der Waals surface area contributed by atoms with E-state index in [1.807, 2.05) is 18.2 Å². The molecule has 2 amide bonds. The van der Waals surface area contributed by atoms with Gasteiger partial charge in [0.2, 0.25) is 0 Å². The fraction of sp³-hybridized carbons (Fsp3) is 0.519. The molecule has 2 aliphatic heterocycles. The van der Waals surface area contributed by atoms with Crippen LogP contribution in [0.1, 0.15) is 44.7 Å². The minimum absolute atomic E-state index is 0.0719. The normalized spacial score (nSPS) is 17.7. The first-order valence-electron chi connectivity index (χ1n) is 11.9. The maximum atomic E-state index is 12.1. The number of carbonyl (C=O) groups is 1. The van der Waals surface area contributed by atoms with Gasteiger partial charge < -0.3 is 25.2 Å². The summed E-state index contributed by atoms with van der Waals surface area (Å²) in [7, 11) is 3.38. The Morgan fingerprint density at radius 2 is 1.82 bits per heavy atom. The first kappa shape index (κ1) is 23.4. The predicted octanol–water partition coefficient (Wildman–Crippen LogP) is 5.29. The molecule has 1 saturated heterocycles. The second kappa shape index (κ2) is 8.90. The van der Waals surface area contributed by atoms with Crippen molar-refractivity contribution < 1.29 is 9.53 Å². The van der Waals surface area contributed by atoms with Gasteiger partial charge in [-0.2, -0.15) is 0 Å². The number of urea groups is 1. The van der Waals surface area contributed by atoms with Crippen molar-refractivity contribution in [3.05, 3.63) is 47.5 Å². The standard InChI is InChI=1S/C27H38N4O2/c1-19-11-12-22(33-6)24-23(19)27(13-15-30(16-14-27)17-26(2,3)4)18-31(24)21-10-8-7-9-20(21)29-25(32)28-5/h7-12H,13-18H2,1-6H3,(H2,28,29,32). The predicted molar refractivity (Wildman–Crippen MR) is 136 cm³/mol. The molecule has 33 heavy (non-hydrogen) atoms. The van der Waals surface area contributed by atoms with E-state index in [9.17, 15) is 4.79 Å². The van der Waals surface area contributed by atoms with Crippen LogP contribution < -0.4 is 20.3 Å². The molecule has 2 N–H and O–H groups in total. The Kier molecular flexibility index (Phi) is 6.32. The van der Waals surface area contributed by atoms with Gasteiger partial charge in [0.25, 0.3) is 0 Å². The van der Waals surface area contributed by atoms with Gasteiger partial charge in [0.1, 0.15) is 5.75 Å². The van der Waals surface area contributed by atoms with Gasteiger partial charge in [-0.1, -0.05) is 39.0 Å². The zero-order valence-electron chi connectivity index (χ0n) is 20.9. The molecule has 2 aliphatic rings. The third kappa shape index (κ3) is 4.54. The second-order valence-electron chi connectivity index (χ2n) is 10.7. The molecule has 0 atom stereocenters. The third-order valence-corrected chi connectivity index (χ3v) is 7.01. The van der Waals surface area contributed by atoms with Crippen LogP contribution in [0.25, 0.3) is 0 Å². The average Bonchev–Trinajstić information content (AvgIpc) is 3.11. The van der Waals surface area contributed by atoms with E-state index < -0.39 is 0 Å². The van der Waals surface area contributed by atoms with Gasteiger partial charge in [-0.3, -0.25) is 0 Å². The summed E-state index contributed by atoms with van der Waals surface area (Å²) in [6.45, 7) is 13.4. The molecule has 6 heteroatoms. The SMILES string of the molecule is CNC(=O)Nc1ccccc1N1CC2(CCN(CC(C)(C)C)CC2)c2c(C)ccc(OC)c21. The quantitative estimate of drug-likeness (QED) is 0.665. The van der Waals surface area contributed by atoms with Gasteiger partial charge in [0.15, 0.2) is 0 Å². The fourth-order valence-electron chi connectivity index (χ4n) is 5.66. The largest absolute Gasteiger partial charge is 0.495 e. The number of likely N-dealkylation sites (tertiary alicyclic amines) is 1. The van der Waals surface area contributed by atoms with Gasteiger partial charge in [-0.25, -0.2) is 4.79 Å². The highest BCUT2D eigenvalue weighted by atomic mass is 16.5. The lowest BCUT2D eigenvalue weighted by atomic mass is 9.72. The van der Waals surface area contributed by atoms with Crippen LogP contribution in [0.15, 0.2) is 36.4 Å². The molecule has 0 aliphatic carbocycles. The maximum absolute atomic E-state index is 12.1. The molecule has 0 aromatic heterocycles. The van der Waals surface area contributed by atoms with Gasteiger partial charge in [-0.15, -0.1) is 0 Å². The minimum atomic E-state index is -0.219. The number of methoxy groups -OCH3 is 1. The molecule has 4 rings (SSSR count). The molecule has 178 valence electrons. The van der Waals surface area contributed by atoms with Crippen LogP contribution in [-0.2, 0) is 5.41 Å². The summed E-state index contributed by atoms with van der Waals surface area (Å²) in [6, 6.07) is 12.1. The number of benzene rings is 2. The van der Waals surface area contributed by atoms with E-state index in [4.69, 9.17) is 4.74 Å². The highest BCUT2D eigenvalue weighted by Crippen LogP contribution is 2.55. The van der Waals surface area contributed by atoms with Crippen LogP contribution in [0.2, 0.25) is 0 Å². The van der Waals surface area contributed by atoms with Crippen molar-refractivity contribution >= 4 is 23.1 Å². The van der Waals surface area contributed by atoms with E-state index in [0.717, 1.165) is 61.8 Å². The fourth-order valence-corrected chi connectivity index (χ4v) is 5.66. The Hall–Kier alpha value is -2.73. The molecular weight excluding hydrogens is 412 g/mol. The summed E-state index contributed by atoms with van der Waals surface area (Å²) in [4.78, 5) is 17.1.